The first-order valence-electron chi connectivity index (χ1n) is 3.49. The Balaban J connectivity index is 0.000000288. The summed E-state index contributed by atoms with van der Waals surface area (Å²) in [6.07, 6.45) is -5.56. The second-order valence-corrected chi connectivity index (χ2v) is 3.09. The molecule has 1 atom stereocenters. The van der Waals surface area contributed by atoms with Crippen molar-refractivity contribution in [1.29, 1.82) is 0 Å². The highest BCUT2D eigenvalue weighted by molar-refractivity contribution is 7.09. The van der Waals surface area contributed by atoms with E-state index in [9.17, 15) is 18.0 Å². The minimum absolute atomic E-state index is 0.483. The first kappa shape index (κ1) is 13.8. The molecule has 0 aliphatic rings. The van der Waals surface area contributed by atoms with Gasteiger partial charge in [-0.05, 0) is 6.92 Å². The third kappa shape index (κ3) is 5.96. The second kappa shape index (κ2) is 5.61. The van der Waals surface area contributed by atoms with Gasteiger partial charge in [-0.25, -0.2) is 4.79 Å². The lowest BCUT2D eigenvalue weighted by molar-refractivity contribution is -0.145. The molecule has 0 saturated heterocycles. The van der Waals surface area contributed by atoms with Crippen LogP contribution in [-0.4, -0.2) is 32.5 Å². The maximum Gasteiger partial charge on any atom is 0.445 e. The minimum atomic E-state index is -4.33. The van der Waals surface area contributed by atoms with Gasteiger partial charge in [-0.1, -0.05) is 11.3 Å². The van der Waals surface area contributed by atoms with Crippen LogP contribution in [0.15, 0.2) is 5.51 Å². The smallest absolute Gasteiger partial charge is 0.445 e. The Labute approximate surface area is 86.2 Å². The number of carboxylic acids is 1. The van der Waals surface area contributed by atoms with Gasteiger partial charge in [0.05, 0.1) is 0 Å². The van der Waals surface area contributed by atoms with E-state index in [1.807, 2.05) is 0 Å². The van der Waals surface area contributed by atoms with Crippen molar-refractivity contribution >= 4 is 17.3 Å². The molecular weight excluding hydrogens is 237 g/mol. The first-order valence-corrected chi connectivity index (χ1v) is 4.37. The van der Waals surface area contributed by atoms with Crippen LogP contribution >= 0.6 is 11.3 Å². The highest BCUT2D eigenvalue weighted by Crippen LogP contribution is 2.29. The monoisotopic (exact) mass is 244 g/mol. The van der Waals surface area contributed by atoms with Gasteiger partial charge in [0.1, 0.15) is 11.6 Å². The third-order valence-corrected chi connectivity index (χ3v) is 1.70. The number of aromatic nitrogens is 2. The van der Waals surface area contributed by atoms with Crippen LogP contribution in [0, 0.1) is 0 Å². The van der Waals surface area contributed by atoms with Crippen molar-refractivity contribution in [2.24, 2.45) is 0 Å². The van der Waals surface area contributed by atoms with Crippen molar-refractivity contribution in [2.75, 3.05) is 0 Å². The van der Waals surface area contributed by atoms with Gasteiger partial charge in [0.15, 0.2) is 0 Å². The van der Waals surface area contributed by atoms with E-state index in [1.165, 1.54) is 6.92 Å². The average Bonchev–Trinajstić information content (AvgIpc) is 2.55. The number of aliphatic carboxylic acids is 1. The molecule has 15 heavy (non-hydrogen) atoms. The lowest BCUT2D eigenvalue weighted by Gasteiger charge is -1.96. The molecule has 0 aliphatic heterocycles. The number of halogens is 3. The Morgan fingerprint density at radius 2 is 2.07 bits per heavy atom. The van der Waals surface area contributed by atoms with Crippen LogP contribution < -0.4 is 0 Å². The molecule has 0 bridgehead atoms. The fourth-order valence-corrected chi connectivity index (χ4v) is 0.719. The summed E-state index contributed by atoms with van der Waals surface area (Å²) in [5, 5.41) is 20.7. The summed E-state index contributed by atoms with van der Waals surface area (Å²) in [6, 6.07) is 0. The summed E-state index contributed by atoms with van der Waals surface area (Å²) in [6.45, 7) is 1.20. The van der Waals surface area contributed by atoms with Crippen molar-refractivity contribution in [3.05, 3.63) is 10.5 Å². The average molecular weight is 244 g/mol. The Bertz CT molecular complexity index is 299. The van der Waals surface area contributed by atoms with Crippen LogP contribution in [0.5, 0.6) is 0 Å². The molecule has 0 fully saturated rings. The molecule has 1 unspecified atom stereocenters. The van der Waals surface area contributed by atoms with E-state index in [2.05, 4.69) is 10.2 Å². The number of carbonyl (C=O) groups is 1. The molecule has 1 aromatic heterocycles. The molecular formula is C6H7F3N2O3S. The third-order valence-electron chi connectivity index (χ3n) is 0.960. The molecule has 0 spiro atoms. The highest BCUT2D eigenvalue weighted by Gasteiger charge is 2.34. The second-order valence-electron chi connectivity index (χ2n) is 2.26. The van der Waals surface area contributed by atoms with Crippen molar-refractivity contribution < 1.29 is 28.2 Å². The van der Waals surface area contributed by atoms with E-state index in [0.29, 0.717) is 11.3 Å². The Hall–Kier alpha value is -1.22. The van der Waals surface area contributed by atoms with Gasteiger partial charge in [0, 0.05) is 0 Å². The fourth-order valence-electron chi connectivity index (χ4n) is 0.297. The number of carboxylic acid groups (broad SMARTS) is 1. The van der Waals surface area contributed by atoms with Crippen LogP contribution in [0.2, 0.25) is 0 Å². The van der Waals surface area contributed by atoms with Crippen molar-refractivity contribution in [3.8, 4) is 0 Å². The molecule has 1 aromatic rings. The number of nitrogens with zero attached hydrogens (tertiary/aromatic N) is 2. The number of alkyl halides is 3. The number of rotatable bonds is 1. The minimum Gasteiger partial charge on any atom is -0.479 e. The predicted octanol–water partition coefficient (Wildman–Crippen LogP) is 1.01. The molecule has 0 aromatic carbocycles. The SMILES string of the molecule is CC(O)C(=O)O.FC(F)(F)c1nncs1. The van der Waals surface area contributed by atoms with E-state index in [-0.39, 0.29) is 0 Å². The van der Waals surface area contributed by atoms with Crippen LogP contribution in [0.25, 0.3) is 0 Å². The lowest BCUT2D eigenvalue weighted by Crippen LogP contribution is -2.13. The van der Waals surface area contributed by atoms with E-state index < -0.39 is 23.3 Å². The van der Waals surface area contributed by atoms with Gasteiger partial charge in [-0.3, -0.25) is 0 Å². The van der Waals surface area contributed by atoms with Gasteiger partial charge in [-0.2, -0.15) is 13.2 Å². The molecule has 1 heterocycles. The highest BCUT2D eigenvalue weighted by atomic mass is 32.1. The van der Waals surface area contributed by atoms with Gasteiger partial charge >= 0.3 is 12.1 Å². The van der Waals surface area contributed by atoms with E-state index in [1.54, 1.807) is 0 Å². The lowest BCUT2D eigenvalue weighted by atomic mass is 10.4. The predicted molar refractivity (Wildman–Crippen MR) is 44.2 cm³/mol. The summed E-state index contributed by atoms with van der Waals surface area (Å²) >= 11 is 0.483. The summed E-state index contributed by atoms with van der Waals surface area (Å²) in [4.78, 5) is 9.45. The number of aliphatic hydroxyl groups is 1. The molecule has 0 amide bonds. The Morgan fingerprint density at radius 3 is 2.20 bits per heavy atom. The fraction of sp³-hybridized carbons (Fsp3) is 0.500. The number of hydrogen-bond donors (Lipinski definition) is 2. The zero-order chi connectivity index (χ0) is 12.1. The molecule has 0 saturated carbocycles. The Kier molecular flexibility index (Phi) is 5.15. The zero-order valence-corrected chi connectivity index (χ0v) is 8.21. The standard InChI is InChI=1S/C3HF3N2S.C3H6O3/c4-3(5,6)2-8-7-1-9-2;1-2(4)3(5)6/h1H;2,4H,1H3,(H,5,6). The van der Waals surface area contributed by atoms with Crippen LogP contribution in [0.1, 0.15) is 11.9 Å². The summed E-state index contributed by atoms with van der Waals surface area (Å²) in [5.74, 6) is -1.19. The molecule has 0 aliphatic carbocycles. The van der Waals surface area contributed by atoms with Gasteiger partial charge in [-0.15, -0.1) is 10.2 Å². The van der Waals surface area contributed by atoms with Gasteiger partial charge < -0.3 is 10.2 Å². The van der Waals surface area contributed by atoms with Crippen molar-refractivity contribution in [1.82, 2.24) is 10.2 Å². The molecule has 86 valence electrons. The largest absolute Gasteiger partial charge is 0.479 e. The molecule has 5 nitrogen and oxygen atoms in total. The Morgan fingerprint density at radius 1 is 1.60 bits per heavy atom. The maximum atomic E-state index is 11.5. The molecule has 1 rings (SSSR count). The topological polar surface area (TPSA) is 83.3 Å². The van der Waals surface area contributed by atoms with Crippen LogP contribution in [-0.2, 0) is 11.0 Å². The van der Waals surface area contributed by atoms with Gasteiger partial charge in [0.2, 0.25) is 5.01 Å². The quantitative estimate of drug-likeness (QED) is 0.770. The summed E-state index contributed by atoms with van der Waals surface area (Å²) in [7, 11) is 0. The molecule has 2 N–H and O–H groups in total. The van der Waals surface area contributed by atoms with E-state index in [0.717, 1.165) is 5.51 Å². The van der Waals surface area contributed by atoms with E-state index in [4.69, 9.17) is 10.2 Å². The van der Waals surface area contributed by atoms with Crippen molar-refractivity contribution in [3.63, 3.8) is 0 Å². The maximum absolute atomic E-state index is 11.5. The van der Waals surface area contributed by atoms with Gasteiger partial charge in [0.25, 0.3) is 0 Å². The number of aliphatic hydroxyl groups excluding tert-OH is 1. The van der Waals surface area contributed by atoms with Crippen molar-refractivity contribution in [2.45, 2.75) is 19.2 Å². The van der Waals surface area contributed by atoms with Crippen LogP contribution in [0.4, 0.5) is 13.2 Å². The number of hydrogen-bond acceptors (Lipinski definition) is 5. The summed E-state index contributed by atoms with van der Waals surface area (Å²) < 4.78 is 34.6. The van der Waals surface area contributed by atoms with Crippen LogP contribution in [0.3, 0.4) is 0 Å². The zero-order valence-electron chi connectivity index (χ0n) is 7.39. The first-order chi connectivity index (χ1) is 6.75. The normalized spacial score (nSPS) is 12.6. The summed E-state index contributed by atoms with van der Waals surface area (Å²) in [5.41, 5.74) is 1.04. The molecule has 9 heteroatoms. The van der Waals surface area contributed by atoms with E-state index >= 15 is 0 Å². The molecule has 0 radical (unpaired) electrons.